The molecule has 14 nitrogen and oxygen atoms in total. The number of rotatable bonds is 3. The number of carbonyl (C=O) groups is 5. The van der Waals surface area contributed by atoms with Gasteiger partial charge >= 0.3 is 30.2 Å². The summed E-state index contributed by atoms with van der Waals surface area (Å²) in [5.41, 5.74) is 1.45. The second-order valence-corrected chi connectivity index (χ2v) is 12.5. The van der Waals surface area contributed by atoms with E-state index in [1.165, 1.54) is 24.0 Å². The lowest BCUT2D eigenvalue weighted by atomic mass is 9.90. The Morgan fingerprint density at radius 3 is 1.33 bits per heavy atom. The highest BCUT2D eigenvalue weighted by molar-refractivity contribution is 5.90. The van der Waals surface area contributed by atoms with Crippen molar-refractivity contribution < 1.29 is 47.7 Å². The smallest absolute Gasteiger partial charge is 0.410 e. The highest BCUT2D eigenvalue weighted by atomic mass is 16.6. The maximum Gasteiger partial charge on any atom is 0.410 e. The first-order valence-electron chi connectivity index (χ1n) is 12.4. The SMILES string of the molecule is COC(=O)C1(N)CN(C(=O)OC(C)(C)C)C1.COC(=O)C1(NC(=O)OC(C)(C)C)CN(C(=O)OC(C)(C)C)C1. The number of likely N-dealkylation sites (tertiary alicyclic amines) is 2. The normalized spacial score (nSPS) is 17.6. The number of alkyl carbamates (subject to hydrolysis) is 1. The van der Waals surface area contributed by atoms with Crippen LogP contribution in [0.15, 0.2) is 0 Å². The number of nitrogens with one attached hydrogen (secondary N) is 1. The van der Waals surface area contributed by atoms with Gasteiger partial charge in [0.2, 0.25) is 0 Å². The number of hydrogen-bond acceptors (Lipinski definition) is 11. The Kier molecular flexibility index (Phi) is 10.2. The maximum absolute atomic E-state index is 12.0. The van der Waals surface area contributed by atoms with Crippen molar-refractivity contribution in [3.05, 3.63) is 0 Å². The first-order chi connectivity index (χ1) is 17.5. The monoisotopic (exact) mass is 560 g/mol. The van der Waals surface area contributed by atoms with E-state index in [1.54, 1.807) is 62.3 Å². The van der Waals surface area contributed by atoms with E-state index in [2.05, 4.69) is 10.1 Å². The van der Waals surface area contributed by atoms with E-state index in [4.69, 9.17) is 24.7 Å². The first kappa shape index (κ1) is 33.7. The molecule has 2 heterocycles. The quantitative estimate of drug-likeness (QED) is 0.380. The van der Waals surface area contributed by atoms with Crippen molar-refractivity contribution >= 4 is 30.2 Å². The van der Waals surface area contributed by atoms with E-state index in [0.717, 1.165) is 0 Å². The lowest BCUT2D eigenvalue weighted by Crippen LogP contribution is -2.75. The fourth-order valence-corrected chi connectivity index (χ4v) is 3.44. The second kappa shape index (κ2) is 11.8. The summed E-state index contributed by atoms with van der Waals surface area (Å²) in [4.78, 5) is 61.4. The van der Waals surface area contributed by atoms with Gasteiger partial charge in [-0.25, -0.2) is 24.0 Å². The molecule has 14 heteroatoms. The minimum absolute atomic E-state index is 0.0339. The molecule has 224 valence electrons. The summed E-state index contributed by atoms with van der Waals surface area (Å²) < 4.78 is 24.8. The standard InChI is InChI=1S/C15H26N2O6.C10H18N2O4/c1-13(2,3)22-11(19)16-15(10(18)21-7)8-17(9-15)12(20)23-14(4,5)6;1-9(2,3)16-8(14)12-5-10(11,6-12)7(13)15-4/h8-9H2,1-7H3,(H,16,19);5-6,11H2,1-4H3. The van der Waals surface area contributed by atoms with Gasteiger partial charge < -0.3 is 44.5 Å². The van der Waals surface area contributed by atoms with Gasteiger partial charge in [0.05, 0.1) is 40.4 Å². The van der Waals surface area contributed by atoms with Gasteiger partial charge in [0.1, 0.15) is 16.8 Å². The van der Waals surface area contributed by atoms with Gasteiger partial charge in [0, 0.05) is 0 Å². The largest absolute Gasteiger partial charge is 0.468 e. The molecule has 0 aromatic rings. The molecule has 0 saturated carbocycles. The van der Waals surface area contributed by atoms with Crippen LogP contribution in [0.3, 0.4) is 0 Å². The Morgan fingerprint density at radius 1 is 0.641 bits per heavy atom. The van der Waals surface area contributed by atoms with Crippen LogP contribution in [-0.2, 0) is 33.3 Å². The third-order valence-electron chi connectivity index (χ3n) is 5.08. The summed E-state index contributed by atoms with van der Waals surface area (Å²) in [6.45, 7) is 15.9. The fourth-order valence-electron chi connectivity index (χ4n) is 3.44. The van der Waals surface area contributed by atoms with E-state index >= 15 is 0 Å². The average Bonchev–Trinajstić information content (AvgIpc) is 2.68. The molecule has 0 aromatic heterocycles. The van der Waals surface area contributed by atoms with E-state index < -0.39 is 58.1 Å². The molecule has 2 fully saturated rings. The first-order valence-corrected chi connectivity index (χ1v) is 12.4. The second-order valence-electron chi connectivity index (χ2n) is 12.5. The minimum Gasteiger partial charge on any atom is -0.468 e. The molecule has 0 aliphatic carbocycles. The van der Waals surface area contributed by atoms with Crippen LogP contribution in [0.1, 0.15) is 62.3 Å². The fraction of sp³-hybridized carbons (Fsp3) is 0.800. The van der Waals surface area contributed by atoms with Gasteiger partial charge in [0.25, 0.3) is 0 Å². The topological polar surface area (TPSA) is 176 Å². The number of methoxy groups -OCH3 is 2. The van der Waals surface area contributed by atoms with Crippen molar-refractivity contribution in [2.24, 2.45) is 5.73 Å². The number of carbonyl (C=O) groups excluding carboxylic acids is 5. The molecule has 0 spiro atoms. The lowest BCUT2D eigenvalue weighted by molar-refractivity contribution is -0.156. The number of nitrogens with two attached hydrogens (primary N) is 1. The molecule has 39 heavy (non-hydrogen) atoms. The van der Waals surface area contributed by atoms with Crippen molar-refractivity contribution in [1.82, 2.24) is 15.1 Å². The predicted molar refractivity (Wildman–Crippen MR) is 139 cm³/mol. The Morgan fingerprint density at radius 2 is 1.00 bits per heavy atom. The number of esters is 2. The minimum atomic E-state index is -1.31. The zero-order chi connectivity index (χ0) is 30.6. The molecule has 3 amide bonds. The van der Waals surface area contributed by atoms with Crippen molar-refractivity contribution in [2.75, 3.05) is 40.4 Å². The van der Waals surface area contributed by atoms with Crippen LogP contribution in [0, 0.1) is 0 Å². The zero-order valence-corrected chi connectivity index (χ0v) is 24.9. The summed E-state index contributed by atoms with van der Waals surface area (Å²) in [6.07, 6.45) is -1.76. The Bertz CT molecular complexity index is 934. The molecule has 0 radical (unpaired) electrons. The van der Waals surface area contributed by atoms with E-state index in [-0.39, 0.29) is 26.2 Å². The van der Waals surface area contributed by atoms with Crippen LogP contribution in [0.5, 0.6) is 0 Å². The molecule has 0 bridgehead atoms. The van der Waals surface area contributed by atoms with Gasteiger partial charge in [-0.15, -0.1) is 0 Å². The van der Waals surface area contributed by atoms with Crippen LogP contribution in [0.4, 0.5) is 14.4 Å². The van der Waals surface area contributed by atoms with Gasteiger partial charge in [-0.2, -0.15) is 0 Å². The van der Waals surface area contributed by atoms with E-state index in [0.29, 0.717) is 0 Å². The molecular weight excluding hydrogens is 516 g/mol. The summed E-state index contributed by atoms with van der Waals surface area (Å²) in [5.74, 6) is -1.14. The Labute approximate surface area is 229 Å². The molecule has 0 aromatic carbocycles. The van der Waals surface area contributed by atoms with Gasteiger partial charge in [0.15, 0.2) is 11.1 Å². The van der Waals surface area contributed by atoms with Crippen LogP contribution in [0.25, 0.3) is 0 Å². The number of hydrogen-bond donors (Lipinski definition) is 2. The van der Waals surface area contributed by atoms with Crippen LogP contribution in [-0.4, -0.2) is 108 Å². The van der Waals surface area contributed by atoms with Crippen molar-refractivity contribution in [3.63, 3.8) is 0 Å². The Balaban J connectivity index is 0.000000416. The lowest BCUT2D eigenvalue weighted by Gasteiger charge is -2.47. The molecule has 0 atom stereocenters. The Hall–Kier alpha value is -3.29. The van der Waals surface area contributed by atoms with Crippen LogP contribution < -0.4 is 11.1 Å². The number of nitrogens with zero attached hydrogens (tertiary/aromatic N) is 2. The third kappa shape index (κ3) is 10.1. The summed E-state index contributed by atoms with van der Waals surface area (Å²) in [5, 5.41) is 2.50. The molecule has 2 aliphatic heterocycles. The van der Waals surface area contributed by atoms with Crippen LogP contribution >= 0.6 is 0 Å². The summed E-state index contributed by atoms with van der Waals surface area (Å²) >= 11 is 0. The molecule has 2 saturated heterocycles. The molecule has 2 rings (SSSR count). The highest BCUT2D eigenvalue weighted by Crippen LogP contribution is 2.26. The summed E-state index contributed by atoms with van der Waals surface area (Å²) in [6, 6.07) is 0. The molecule has 2 aliphatic rings. The molecule has 3 N–H and O–H groups in total. The highest BCUT2D eigenvalue weighted by Gasteiger charge is 2.55. The maximum atomic E-state index is 12.0. The van der Waals surface area contributed by atoms with Gasteiger partial charge in [-0.3, -0.25) is 0 Å². The van der Waals surface area contributed by atoms with Crippen molar-refractivity contribution in [2.45, 2.75) is 90.2 Å². The van der Waals surface area contributed by atoms with Gasteiger partial charge in [-0.1, -0.05) is 0 Å². The average molecular weight is 561 g/mol. The third-order valence-corrected chi connectivity index (χ3v) is 5.08. The predicted octanol–water partition coefficient (Wildman–Crippen LogP) is 1.78. The number of amides is 3. The van der Waals surface area contributed by atoms with E-state index in [1.807, 2.05) is 0 Å². The van der Waals surface area contributed by atoms with Gasteiger partial charge in [-0.05, 0) is 62.3 Å². The molecule has 0 unspecified atom stereocenters. The summed E-state index contributed by atoms with van der Waals surface area (Å²) in [7, 11) is 2.49. The van der Waals surface area contributed by atoms with Crippen molar-refractivity contribution in [3.8, 4) is 0 Å². The van der Waals surface area contributed by atoms with Crippen molar-refractivity contribution in [1.29, 1.82) is 0 Å². The number of ether oxygens (including phenoxy) is 5. The zero-order valence-electron chi connectivity index (χ0n) is 24.9. The van der Waals surface area contributed by atoms with E-state index in [9.17, 15) is 24.0 Å². The molecular formula is C25H44N4O10. The van der Waals surface area contributed by atoms with Crippen LogP contribution in [0.2, 0.25) is 0 Å².